The molecule has 0 spiro atoms. The van der Waals surface area contributed by atoms with Crippen molar-refractivity contribution in [1.29, 1.82) is 0 Å². The normalized spacial score (nSPS) is 11.9. The molecule has 0 saturated carbocycles. The first-order chi connectivity index (χ1) is 23.6. The van der Waals surface area contributed by atoms with Gasteiger partial charge in [-0.2, -0.15) is 0 Å². The van der Waals surface area contributed by atoms with Crippen molar-refractivity contribution < 1.29 is 27.1 Å². The van der Waals surface area contributed by atoms with Crippen molar-refractivity contribution in [3.8, 4) is 16.9 Å². The SMILES string of the molecule is CC(C)CC(NC(=O)c1cc(COc2ccccc2)ccc1CCC(=O)NS(=O)(=O)c1ccc(-c2ccccc2)cc1)c1ccc(F)cc1. The average Bonchev–Trinajstić information content (AvgIpc) is 3.10. The molecule has 1 unspecified atom stereocenters. The Morgan fingerprint density at radius 1 is 0.776 bits per heavy atom. The number of hydrogen-bond donors (Lipinski definition) is 2. The molecular formula is C40H39FN2O5S. The number of hydrogen-bond acceptors (Lipinski definition) is 5. The van der Waals surface area contributed by atoms with Crippen LogP contribution in [0.1, 0.15) is 59.8 Å². The Morgan fingerprint density at radius 2 is 1.41 bits per heavy atom. The van der Waals surface area contributed by atoms with Crippen molar-refractivity contribution in [2.45, 2.75) is 50.7 Å². The minimum absolute atomic E-state index is 0.0274. The van der Waals surface area contributed by atoms with Gasteiger partial charge < -0.3 is 10.1 Å². The van der Waals surface area contributed by atoms with Gasteiger partial charge in [-0.3, -0.25) is 9.59 Å². The Morgan fingerprint density at radius 3 is 2.06 bits per heavy atom. The standard InChI is InChI=1S/C40H39FN2O5S/c1-28(2)25-38(33-15-20-34(41)21-16-33)42-40(45)37-26-29(27-48-35-11-7-4-8-12-35)13-14-32(37)19-24-39(44)43-49(46,47)36-22-17-31(18-23-36)30-9-5-3-6-10-30/h3-18,20-23,26,28,38H,19,24-25,27H2,1-2H3,(H,42,45)(H,43,44). The Labute approximate surface area is 287 Å². The van der Waals surface area contributed by atoms with E-state index in [2.05, 4.69) is 10.0 Å². The van der Waals surface area contributed by atoms with Crippen molar-refractivity contribution in [2.75, 3.05) is 0 Å². The van der Waals surface area contributed by atoms with E-state index in [1.54, 1.807) is 36.4 Å². The fourth-order valence-corrected chi connectivity index (χ4v) is 6.49. The highest BCUT2D eigenvalue weighted by atomic mass is 32.2. The molecule has 49 heavy (non-hydrogen) atoms. The van der Waals surface area contributed by atoms with Crippen LogP contribution in [-0.2, 0) is 27.8 Å². The number of nitrogens with one attached hydrogen (secondary N) is 2. The van der Waals surface area contributed by atoms with Crippen LogP contribution in [-0.4, -0.2) is 20.2 Å². The lowest BCUT2D eigenvalue weighted by molar-refractivity contribution is -0.119. The lowest BCUT2D eigenvalue weighted by atomic mass is 9.95. The number of carbonyl (C=O) groups is 2. The smallest absolute Gasteiger partial charge is 0.264 e. The topological polar surface area (TPSA) is 102 Å². The maximum atomic E-state index is 13.9. The number of rotatable bonds is 14. The quantitative estimate of drug-likeness (QED) is 0.124. The molecule has 2 amide bonds. The molecule has 0 aliphatic heterocycles. The summed E-state index contributed by atoms with van der Waals surface area (Å²) in [5.41, 5.74) is 4.23. The fraction of sp³-hybridized carbons (Fsp3) is 0.200. The minimum Gasteiger partial charge on any atom is -0.489 e. The third-order valence-electron chi connectivity index (χ3n) is 7.99. The molecule has 0 radical (unpaired) electrons. The van der Waals surface area contributed by atoms with Gasteiger partial charge >= 0.3 is 0 Å². The van der Waals surface area contributed by atoms with Crippen LogP contribution in [0.5, 0.6) is 5.75 Å². The summed E-state index contributed by atoms with van der Waals surface area (Å²) in [6.07, 6.45) is 0.563. The summed E-state index contributed by atoms with van der Waals surface area (Å²) >= 11 is 0. The highest BCUT2D eigenvalue weighted by Crippen LogP contribution is 2.25. The van der Waals surface area contributed by atoms with E-state index in [-0.39, 0.29) is 48.0 Å². The first-order valence-electron chi connectivity index (χ1n) is 16.1. The van der Waals surface area contributed by atoms with Gasteiger partial charge in [-0.05, 0) is 89.0 Å². The van der Waals surface area contributed by atoms with Crippen molar-refractivity contribution in [2.24, 2.45) is 5.92 Å². The number of para-hydroxylation sites is 1. The number of benzene rings is 5. The van der Waals surface area contributed by atoms with E-state index in [1.807, 2.05) is 80.6 Å². The second-order valence-corrected chi connectivity index (χ2v) is 13.9. The summed E-state index contributed by atoms with van der Waals surface area (Å²) in [5.74, 6) is -0.507. The van der Waals surface area contributed by atoms with E-state index in [1.165, 1.54) is 24.3 Å². The number of sulfonamides is 1. The maximum absolute atomic E-state index is 13.9. The zero-order valence-corrected chi connectivity index (χ0v) is 28.3. The van der Waals surface area contributed by atoms with Crippen molar-refractivity contribution in [1.82, 2.24) is 10.0 Å². The molecular weight excluding hydrogens is 640 g/mol. The Kier molecular flexibility index (Phi) is 11.6. The Balaban J connectivity index is 1.32. The molecule has 0 aliphatic carbocycles. The van der Waals surface area contributed by atoms with E-state index in [9.17, 15) is 22.4 Å². The number of ether oxygens (including phenoxy) is 1. The van der Waals surface area contributed by atoms with Gasteiger partial charge in [0.05, 0.1) is 10.9 Å². The number of amides is 2. The van der Waals surface area contributed by atoms with Crippen LogP contribution >= 0.6 is 0 Å². The van der Waals surface area contributed by atoms with Gasteiger partial charge in [0.15, 0.2) is 0 Å². The number of carbonyl (C=O) groups excluding carboxylic acids is 2. The molecule has 7 nitrogen and oxygen atoms in total. The Hall–Kier alpha value is -5.28. The molecule has 0 saturated heterocycles. The van der Waals surface area contributed by atoms with E-state index in [0.29, 0.717) is 23.3 Å². The van der Waals surface area contributed by atoms with E-state index < -0.39 is 15.9 Å². The van der Waals surface area contributed by atoms with E-state index in [4.69, 9.17) is 4.74 Å². The molecule has 5 rings (SSSR count). The van der Waals surface area contributed by atoms with Crippen LogP contribution in [0.25, 0.3) is 11.1 Å². The average molecular weight is 679 g/mol. The highest BCUT2D eigenvalue weighted by Gasteiger charge is 2.22. The van der Waals surface area contributed by atoms with Crippen LogP contribution in [0.3, 0.4) is 0 Å². The van der Waals surface area contributed by atoms with Crippen LogP contribution in [0.4, 0.5) is 4.39 Å². The van der Waals surface area contributed by atoms with Gasteiger partial charge in [0.2, 0.25) is 5.91 Å². The van der Waals surface area contributed by atoms with Gasteiger partial charge in [0, 0.05) is 12.0 Å². The minimum atomic E-state index is -4.11. The zero-order chi connectivity index (χ0) is 34.8. The van der Waals surface area contributed by atoms with Crippen molar-refractivity contribution in [3.05, 3.63) is 155 Å². The van der Waals surface area contributed by atoms with Gasteiger partial charge in [0.25, 0.3) is 15.9 Å². The van der Waals surface area contributed by atoms with Crippen molar-refractivity contribution in [3.63, 3.8) is 0 Å². The zero-order valence-electron chi connectivity index (χ0n) is 27.4. The summed E-state index contributed by atoms with van der Waals surface area (Å²) < 4.78 is 47.8. The largest absolute Gasteiger partial charge is 0.489 e. The monoisotopic (exact) mass is 678 g/mol. The second kappa shape index (κ2) is 16.2. The molecule has 252 valence electrons. The first-order valence-corrected chi connectivity index (χ1v) is 17.6. The van der Waals surface area contributed by atoms with E-state index >= 15 is 0 Å². The first kappa shape index (κ1) is 35.0. The molecule has 5 aromatic rings. The van der Waals surface area contributed by atoms with Gasteiger partial charge in [-0.15, -0.1) is 0 Å². The summed E-state index contributed by atoms with van der Waals surface area (Å²) in [5, 5.41) is 3.11. The fourth-order valence-electron chi connectivity index (χ4n) is 5.47. The molecule has 0 heterocycles. The lowest BCUT2D eigenvalue weighted by Gasteiger charge is -2.22. The maximum Gasteiger partial charge on any atom is 0.264 e. The van der Waals surface area contributed by atoms with Gasteiger partial charge in [0.1, 0.15) is 18.2 Å². The number of aryl methyl sites for hydroxylation is 1. The van der Waals surface area contributed by atoms with Crippen LogP contribution in [0.15, 0.2) is 132 Å². The molecule has 1 atom stereocenters. The molecule has 0 fully saturated rings. The predicted octanol–water partition coefficient (Wildman–Crippen LogP) is 8.03. The van der Waals surface area contributed by atoms with Crippen molar-refractivity contribution >= 4 is 21.8 Å². The molecule has 0 aliphatic rings. The molecule has 2 N–H and O–H groups in total. The van der Waals surface area contributed by atoms with E-state index in [0.717, 1.165) is 22.3 Å². The van der Waals surface area contributed by atoms with Crippen LogP contribution < -0.4 is 14.8 Å². The van der Waals surface area contributed by atoms with Crippen LogP contribution in [0.2, 0.25) is 0 Å². The third kappa shape index (κ3) is 9.87. The molecule has 0 bridgehead atoms. The van der Waals surface area contributed by atoms with Gasteiger partial charge in [-0.1, -0.05) is 98.8 Å². The summed E-state index contributed by atoms with van der Waals surface area (Å²) in [6.45, 7) is 4.29. The second-order valence-electron chi connectivity index (χ2n) is 12.2. The third-order valence-corrected chi connectivity index (χ3v) is 9.38. The molecule has 0 aromatic heterocycles. The number of halogens is 1. The van der Waals surface area contributed by atoms with Gasteiger partial charge in [-0.25, -0.2) is 17.5 Å². The molecule has 9 heteroatoms. The predicted molar refractivity (Wildman–Crippen MR) is 189 cm³/mol. The van der Waals surface area contributed by atoms with Crippen LogP contribution in [0, 0.1) is 11.7 Å². The summed E-state index contributed by atoms with van der Waals surface area (Å²) in [4.78, 5) is 26.8. The lowest BCUT2D eigenvalue weighted by Crippen LogP contribution is -2.32. The summed E-state index contributed by atoms with van der Waals surface area (Å²) in [7, 11) is -4.11. The molecule has 5 aromatic carbocycles. The Bertz CT molecular complexity index is 1970. The highest BCUT2D eigenvalue weighted by molar-refractivity contribution is 7.90. The summed E-state index contributed by atoms with van der Waals surface area (Å²) in [6, 6.07) is 36.2.